The van der Waals surface area contributed by atoms with Crippen LogP contribution in [0.25, 0.3) is 0 Å². The van der Waals surface area contributed by atoms with Gasteiger partial charge >= 0.3 is 0 Å². The SMILES string of the molecule is O=C(Nc1ccc(N2CCCC2)cc1)c1ccc(S(=O)(=O)N2CCCC2)cc1. The minimum absolute atomic E-state index is 0.237. The van der Waals surface area contributed by atoms with Crippen molar-refractivity contribution < 1.29 is 13.2 Å². The molecule has 148 valence electrons. The van der Waals surface area contributed by atoms with E-state index in [1.807, 2.05) is 24.3 Å². The molecule has 2 aliphatic rings. The quantitative estimate of drug-likeness (QED) is 0.837. The second kappa shape index (κ2) is 7.93. The van der Waals surface area contributed by atoms with E-state index in [2.05, 4.69) is 10.2 Å². The molecule has 4 rings (SSSR count). The Kier molecular flexibility index (Phi) is 5.37. The van der Waals surface area contributed by atoms with Crippen molar-refractivity contribution in [3.05, 3.63) is 54.1 Å². The highest BCUT2D eigenvalue weighted by atomic mass is 32.2. The summed E-state index contributed by atoms with van der Waals surface area (Å²) in [5.41, 5.74) is 2.33. The number of sulfonamides is 1. The summed E-state index contributed by atoms with van der Waals surface area (Å²) >= 11 is 0. The van der Waals surface area contributed by atoms with E-state index < -0.39 is 10.0 Å². The third-order valence-corrected chi connectivity index (χ3v) is 7.33. The summed E-state index contributed by atoms with van der Waals surface area (Å²) in [5, 5.41) is 2.87. The van der Waals surface area contributed by atoms with Gasteiger partial charge in [-0.1, -0.05) is 0 Å². The summed E-state index contributed by atoms with van der Waals surface area (Å²) in [4.78, 5) is 15.1. The summed E-state index contributed by atoms with van der Waals surface area (Å²) < 4.78 is 26.6. The van der Waals surface area contributed by atoms with Crippen LogP contribution in [0.5, 0.6) is 0 Å². The molecule has 2 aromatic carbocycles. The fourth-order valence-electron chi connectivity index (χ4n) is 3.79. The van der Waals surface area contributed by atoms with E-state index in [0.717, 1.165) is 31.6 Å². The number of benzene rings is 2. The van der Waals surface area contributed by atoms with Crippen LogP contribution in [0.2, 0.25) is 0 Å². The number of nitrogens with one attached hydrogen (secondary N) is 1. The molecule has 0 spiro atoms. The molecule has 2 saturated heterocycles. The number of nitrogens with zero attached hydrogens (tertiary/aromatic N) is 2. The van der Waals surface area contributed by atoms with Crippen LogP contribution in [0, 0.1) is 0 Å². The van der Waals surface area contributed by atoms with Gasteiger partial charge < -0.3 is 10.2 Å². The number of hydrogen-bond donors (Lipinski definition) is 1. The summed E-state index contributed by atoms with van der Waals surface area (Å²) in [6.45, 7) is 3.30. The Morgan fingerprint density at radius 2 is 1.36 bits per heavy atom. The number of rotatable bonds is 5. The second-order valence-electron chi connectivity index (χ2n) is 7.33. The molecule has 2 fully saturated rings. The van der Waals surface area contributed by atoms with Gasteiger partial charge in [0.2, 0.25) is 10.0 Å². The molecule has 0 bridgehead atoms. The average molecular weight is 400 g/mol. The van der Waals surface area contributed by atoms with Crippen LogP contribution in [-0.4, -0.2) is 44.8 Å². The molecule has 0 atom stereocenters. The lowest BCUT2D eigenvalue weighted by Gasteiger charge is -2.18. The van der Waals surface area contributed by atoms with Crippen LogP contribution in [0.15, 0.2) is 53.4 Å². The fourth-order valence-corrected chi connectivity index (χ4v) is 5.31. The topological polar surface area (TPSA) is 69.7 Å². The van der Waals surface area contributed by atoms with E-state index in [1.54, 1.807) is 12.1 Å². The normalized spacial score (nSPS) is 17.8. The number of anilines is 2. The highest BCUT2D eigenvalue weighted by Gasteiger charge is 2.27. The predicted octanol–water partition coefficient (Wildman–Crippen LogP) is 3.32. The Morgan fingerprint density at radius 1 is 0.786 bits per heavy atom. The van der Waals surface area contributed by atoms with Gasteiger partial charge in [-0.25, -0.2) is 8.42 Å². The zero-order valence-corrected chi connectivity index (χ0v) is 16.6. The summed E-state index contributed by atoms with van der Waals surface area (Å²) in [6, 6.07) is 14.0. The maximum Gasteiger partial charge on any atom is 0.255 e. The fraction of sp³-hybridized carbons (Fsp3) is 0.381. The van der Waals surface area contributed by atoms with Gasteiger partial charge in [0.1, 0.15) is 0 Å². The van der Waals surface area contributed by atoms with E-state index >= 15 is 0 Å². The van der Waals surface area contributed by atoms with Crippen molar-refractivity contribution in [2.24, 2.45) is 0 Å². The van der Waals surface area contributed by atoms with Crippen molar-refractivity contribution in [2.45, 2.75) is 30.6 Å². The standard InChI is InChI=1S/C21H25N3O3S/c25-21(22-18-7-9-19(10-8-18)23-13-1-2-14-23)17-5-11-20(12-6-17)28(26,27)24-15-3-4-16-24/h5-12H,1-4,13-16H2,(H,22,25). The lowest BCUT2D eigenvalue weighted by molar-refractivity contribution is 0.102. The van der Waals surface area contributed by atoms with Gasteiger partial charge in [0, 0.05) is 43.1 Å². The molecule has 0 saturated carbocycles. The van der Waals surface area contributed by atoms with E-state index in [0.29, 0.717) is 18.7 Å². The monoisotopic (exact) mass is 399 g/mol. The van der Waals surface area contributed by atoms with Gasteiger partial charge in [0.15, 0.2) is 0 Å². The summed E-state index contributed by atoms with van der Waals surface area (Å²) in [6.07, 6.45) is 4.25. The third kappa shape index (κ3) is 3.91. The van der Waals surface area contributed by atoms with Gasteiger partial charge in [0.25, 0.3) is 5.91 Å². The number of carbonyl (C=O) groups is 1. The molecule has 0 aromatic heterocycles. The second-order valence-corrected chi connectivity index (χ2v) is 9.27. The van der Waals surface area contributed by atoms with Crippen molar-refractivity contribution in [1.82, 2.24) is 4.31 Å². The summed E-state index contributed by atoms with van der Waals surface area (Å²) in [7, 11) is -3.46. The Balaban J connectivity index is 1.42. The number of amides is 1. The van der Waals surface area contributed by atoms with Crippen molar-refractivity contribution in [1.29, 1.82) is 0 Å². The molecule has 1 amide bonds. The Bertz CT molecular complexity index is 928. The number of carbonyl (C=O) groups excluding carboxylic acids is 1. The first-order valence-corrected chi connectivity index (χ1v) is 11.2. The Labute approximate surface area is 166 Å². The summed E-state index contributed by atoms with van der Waals surface area (Å²) in [5.74, 6) is -0.251. The van der Waals surface area contributed by atoms with Crippen LogP contribution >= 0.6 is 0 Å². The van der Waals surface area contributed by atoms with Crippen LogP contribution in [0.4, 0.5) is 11.4 Å². The predicted molar refractivity (Wildman–Crippen MR) is 110 cm³/mol. The van der Waals surface area contributed by atoms with Crippen LogP contribution in [0.3, 0.4) is 0 Å². The lowest BCUT2D eigenvalue weighted by atomic mass is 10.2. The van der Waals surface area contributed by atoms with Gasteiger partial charge in [-0.3, -0.25) is 4.79 Å². The van der Waals surface area contributed by atoms with Crippen molar-refractivity contribution in [2.75, 3.05) is 36.4 Å². The first kappa shape index (κ1) is 19.0. The van der Waals surface area contributed by atoms with E-state index in [9.17, 15) is 13.2 Å². The molecule has 1 N–H and O–H groups in total. The molecule has 28 heavy (non-hydrogen) atoms. The highest BCUT2D eigenvalue weighted by molar-refractivity contribution is 7.89. The van der Waals surface area contributed by atoms with E-state index in [-0.39, 0.29) is 10.8 Å². The third-order valence-electron chi connectivity index (χ3n) is 5.42. The van der Waals surface area contributed by atoms with Gasteiger partial charge in [-0.2, -0.15) is 4.31 Å². The minimum Gasteiger partial charge on any atom is -0.372 e. The smallest absolute Gasteiger partial charge is 0.255 e. The average Bonchev–Trinajstić information content (AvgIpc) is 3.43. The molecule has 7 heteroatoms. The van der Waals surface area contributed by atoms with Gasteiger partial charge in [0.05, 0.1) is 4.90 Å². The molecule has 2 aromatic rings. The van der Waals surface area contributed by atoms with Crippen molar-refractivity contribution in [3.8, 4) is 0 Å². The van der Waals surface area contributed by atoms with Crippen molar-refractivity contribution >= 4 is 27.3 Å². The van der Waals surface area contributed by atoms with Crippen molar-refractivity contribution in [3.63, 3.8) is 0 Å². The molecular weight excluding hydrogens is 374 g/mol. The van der Waals surface area contributed by atoms with Crippen LogP contribution < -0.4 is 10.2 Å². The lowest BCUT2D eigenvalue weighted by Crippen LogP contribution is -2.27. The van der Waals surface area contributed by atoms with Gasteiger partial charge in [-0.15, -0.1) is 0 Å². The minimum atomic E-state index is -3.46. The first-order valence-electron chi connectivity index (χ1n) is 9.81. The number of hydrogen-bond acceptors (Lipinski definition) is 4. The maximum atomic E-state index is 12.6. The van der Waals surface area contributed by atoms with E-state index in [4.69, 9.17) is 0 Å². The van der Waals surface area contributed by atoms with Crippen LogP contribution in [0.1, 0.15) is 36.0 Å². The first-order chi connectivity index (χ1) is 13.5. The molecule has 2 aliphatic heterocycles. The zero-order chi connectivity index (χ0) is 19.6. The molecule has 2 heterocycles. The Hall–Kier alpha value is -2.38. The molecular formula is C21H25N3O3S. The van der Waals surface area contributed by atoms with Crippen LogP contribution in [-0.2, 0) is 10.0 Å². The largest absolute Gasteiger partial charge is 0.372 e. The molecule has 6 nitrogen and oxygen atoms in total. The molecule has 0 unspecified atom stereocenters. The Morgan fingerprint density at radius 3 is 1.96 bits per heavy atom. The van der Waals surface area contributed by atoms with E-state index in [1.165, 1.54) is 35.0 Å². The maximum absolute atomic E-state index is 12.6. The molecule has 0 aliphatic carbocycles. The molecule has 0 radical (unpaired) electrons. The highest BCUT2D eigenvalue weighted by Crippen LogP contribution is 2.23. The zero-order valence-electron chi connectivity index (χ0n) is 15.8. The van der Waals surface area contributed by atoms with Gasteiger partial charge in [-0.05, 0) is 74.2 Å².